The van der Waals surface area contributed by atoms with E-state index in [1.54, 1.807) is 0 Å². The van der Waals surface area contributed by atoms with Crippen LogP contribution in [0.1, 0.15) is 25.7 Å². The van der Waals surface area contributed by atoms with Crippen LogP contribution in [-0.2, 0) is 4.79 Å². The van der Waals surface area contributed by atoms with Gasteiger partial charge in [0.15, 0.2) is 0 Å². The number of imide groups is 1. The second-order valence-electron chi connectivity index (χ2n) is 4.12. The summed E-state index contributed by atoms with van der Waals surface area (Å²) >= 11 is 0. The number of amides is 3. The summed E-state index contributed by atoms with van der Waals surface area (Å²) in [6.07, 6.45) is 3.76. The molecular weight excluding hydrogens is 218 g/mol. The van der Waals surface area contributed by atoms with Crippen LogP contribution in [0.2, 0.25) is 0 Å². The molecule has 2 aliphatic rings. The fourth-order valence-corrected chi connectivity index (χ4v) is 2.24. The number of carbonyl (C=O) groups is 2. The molecule has 2 rings (SSSR count). The smallest absolute Gasteiger partial charge is 0.322 e. The maximum absolute atomic E-state index is 11.3. The van der Waals surface area contributed by atoms with Crippen molar-refractivity contribution in [2.45, 2.75) is 37.8 Å². The molecule has 1 atom stereocenters. The van der Waals surface area contributed by atoms with Crippen LogP contribution in [0.5, 0.6) is 0 Å². The highest BCUT2D eigenvalue weighted by atomic mass is 35.5. The molecule has 1 aliphatic heterocycles. The number of urea groups is 1. The molecule has 15 heavy (non-hydrogen) atoms. The van der Waals surface area contributed by atoms with Crippen LogP contribution in [0.15, 0.2) is 0 Å². The normalized spacial score (nSPS) is 35.4. The number of rotatable bonds is 1. The van der Waals surface area contributed by atoms with Gasteiger partial charge >= 0.3 is 6.03 Å². The van der Waals surface area contributed by atoms with Gasteiger partial charge in [-0.25, -0.2) is 4.79 Å². The lowest BCUT2D eigenvalue weighted by molar-refractivity contribution is -0.121. The van der Waals surface area contributed by atoms with Crippen molar-refractivity contribution in [2.75, 3.05) is 0 Å². The highest BCUT2D eigenvalue weighted by Gasteiger charge is 2.37. The van der Waals surface area contributed by atoms with Gasteiger partial charge in [0.1, 0.15) is 6.04 Å². The Balaban J connectivity index is 0.00000112. The minimum Gasteiger partial charge on any atom is -0.328 e. The summed E-state index contributed by atoms with van der Waals surface area (Å²) in [6.45, 7) is 0. The molecule has 0 aromatic rings. The quantitative estimate of drug-likeness (QED) is 0.563. The molecular formula is C9H16ClN3O2. The summed E-state index contributed by atoms with van der Waals surface area (Å²) in [7, 11) is 0. The summed E-state index contributed by atoms with van der Waals surface area (Å²) in [5.41, 5.74) is 5.77. The Hall–Kier alpha value is -0.810. The van der Waals surface area contributed by atoms with E-state index in [-0.39, 0.29) is 42.3 Å². The first kappa shape index (κ1) is 12.3. The third-order valence-corrected chi connectivity index (χ3v) is 3.09. The lowest BCUT2D eigenvalue weighted by Crippen LogP contribution is -2.40. The average Bonchev–Trinajstić information content (AvgIpc) is 2.47. The fourth-order valence-electron chi connectivity index (χ4n) is 2.24. The molecule has 1 heterocycles. The molecule has 0 aromatic carbocycles. The van der Waals surface area contributed by atoms with Gasteiger partial charge in [-0.15, -0.1) is 12.4 Å². The number of halogens is 1. The molecule has 1 unspecified atom stereocenters. The second-order valence-corrected chi connectivity index (χ2v) is 4.12. The van der Waals surface area contributed by atoms with Gasteiger partial charge in [-0.05, 0) is 31.6 Å². The van der Waals surface area contributed by atoms with Crippen LogP contribution in [0.25, 0.3) is 0 Å². The maximum atomic E-state index is 11.3. The molecule has 0 bridgehead atoms. The number of nitrogens with one attached hydrogen (secondary N) is 2. The predicted molar refractivity (Wildman–Crippen MR) is 57.6 cm³/mol. The molecule has 0 spiro atoms. The maximum Gasteiger partial charge on any atom is 0.322 e. The van der Waals surface area contributed by atoms with Crippen molar-refractivity contribution < 1.29 is 9.59 Å². The monoisotopic (exact) mass is 233 g/mol. The highest BCUT2D eigenvalue weighted by Crippen LogP contribution is 2.27. The first-order valence-electron chi connectivity index (χ1n) is 5.04. The Kier molecular flexibility index (Phi) is 3.93. The Morgan fingerprint density at radius 1 is 1.13 bits per heavy atom. The van der Waals surface area contributed by atoms with Gasteiger partial charge in [0, 0.05) is 6.04 Å². The average molecular weight is 234 g/mol. The third-order valence-electron chi connectivity index (χ3n) is 3.09. The van der Waals surface area contributed by atoms with Crippen molar-refractivity contribution in [3.63, 3.8) is 0 Å². The van der Waals surface area contributed by atoms with Crippen LogP contribution in [0.4, 0.5) is 4.79 Å². The van der Waals surface area contributed by atoms with Gasteiger partial charge in [-0.3, -0.25) is 10.1 Å². The number of hydrogen-bond acceptors (Lipinski definition) is 3. The van der Waals surface area contributed by atoms with E-state index < -0.39 is 0 Å². The first-order chi connectivity index (χ1) is 6.66. The van der Waals surface area contributed by atoms with E-state index in [9.17, 15) is 9.59 Å². The lowest BCUT2D eigenvalue weighted by atomic mass is 9.82. The molecule has 5 nitrogen and oxygen atoms in total. The summed E-state index contributed by atoms with van der Waals surface area (Å²) < 4.78 is 0. The zero-order valence-corrected chi connectivity index (χ0v) is 9.18. The summed E-state index contributed by atoms with van der Waals surface area (Å²) in [5, 5.41) is 4.90. The van der Waals surface area contributed by atoms with Crippen LogP contribution >= 0.6 is 12.4 Å². The van der Waals surface area contributed by atoms with Crippen molar-refractivity contribution in [1.29, 1.82) is 0 Å². The van der Waals surface area contributed by atoms with Crippen molar-refractivity contribution >= 4 is 24.3 Å². The van der Waals surface area contributed by atoms with Crippen molar-refractivity contribution in [3.8, 4) is 0 Å². The van der Waals surface area contributed by atoms with Gasteiger partial charge in [0.25, 0.3) is 5.91 Å². The van der Waals surface area contributed by atoms with Crippen molar-refractivity contribution in [3.05, 3.63) is 0 Å². The van der Waals surface area contributed by atoms with E-state index in [0.29, 0.717) is 0 Å². The fraction of sp³-hybridized carbons (Fsp3) is 0.778. The van der Waals surface area contributed by atoms with E-state index >= 15 is 0 Å². The number of carbonyl (C=O) groups excluding carboxylic acids is 2. The Bertz CT molecular complexity index is 264. The summed E-state index contributed by atoms with van der Waals surface area (Å²) in [5.74, 6) is 0.0803. The van der Waals surface area contributed by atoms with Gasteiger partial charge in [0.2, 0.25) is 0 Å². The van der Waals surface area contributed by atoms with Crippen LogP contribution in [0.3, 0.4) is 0 Å². The molecule has 0 radical (unpaired) electrons. The SMILES string of the molecule is Cl.NC1CCC(C2NC(=O)NC2=O)CC1. The zero-order chi connectivity index (χ0) is 10.1. The zero-order valence-electron chi connectivity index (χ0n) is 8.36. The number of hydrogen-bond donors (Lipinski definition) is 3. The lowest BCUT2D eigenvalue weighted by Gasteiger charge is -2.28. The molecule has 6 heteroatoms. The van der Waals surface area contributed by atoms with Crippen LogP contribution in [0, 0.1) is 5.92 Å². The molecule has 0 aromatic heterocycles. The Morgan fingerprint density at radius 2 is 1.73 bits per heavy atom. The molecule has 2 fully saturated rings. The van der Waals surface area contributed by atoms with E-state index in [0.717, 1.165) is 25.7 Å². The largest absolute Gasteiger partial charge is 0.328 e. The minimum absolute atomic E-state index is 0. The van der Waals surface area contributed by atoms with Crippen molar-refractivity contribution in [2.24, 2.45) is 11.7 Å². The second kappa shape index (κ2) is 4.81. The van der Waals surface area contributed by atoms with Gasteiger partial charge < -0.3 is 11.1 Å². The molecule has 3 amide bonds. The Morgan fingerprint density at radius 3 is 2.20 bits per heavy atom. The summed E-state index contributed by atoms with van der Waals surface area (Å²) in [4.78, 5) is 22.2. The summed E-state index contributed by atoms with van der Waals surface area (Å²) in [6, 6.07) is -0.420. The van der Waals surface area contributed by atoms with E-state index in [2.05, 4.69) is 10.6 Å². The van der Waals surface area contributed by atoms with Gasteiger partial charge in [-0.1, -0.05) is 0 Å². The topological polar surface area (TPSA) is 84.2 Å². The minimum atomic E-state index is -0.366. The van der Waals surface area contributed by atoms with Gasteiger partial charge in [0.05, 0.1) is 0 Å². The van der Waals surface area contributed by atoms with E-state index in [4.69, 9.17) is 5.73 Å². The predicted octanol–water partition coefficient (Wildman–Crippen LogP) is 0.134. The standard InChI is InChI=1S/C9H15N3O2.ClH/c10-6-3-1-5(2-4-6)7-8(13)12-9(14)11-7;/h5-7H,1-4,10H2,(H2,11,12,13,14);1H. The van der Waals surface area contributed by atoms with Crippen LogP contribution in [-0.4, -0.2) is 24.0 Å². The van der Waals surface area contributed by atoms with Gasteiger partial charge in [-0.2, -0.15) is 0 Å². The molecule has 4 N–H and O–H groups in total. The molecule has 86 valence electrons. The Labute approximate surface area is 94.6 Å². The number of nitrogens with two attached hydrogens (primary N) is 1. The molecule has 1 saturated carbocycles. The molecule has 1 saturated heterocycles. The third kappa shape index (κ3) is 2.60. The first-order valence-corrected chi connectivity index (χ1v) is 5.04. The van der Waals surface area contributed by atoms with Crippen molar-refractivity contribution in [1.82, 2.24) is 10.6 Å². The van der Waals surface area contributed by atoms with Crippen LogP contribution < -0.4 is 16.4 Å². The van der Waals surface area contributed by atoms with E-state index in [1.807, 2.05) is 0 Å². The van der Waals surface area contributed by atoms with E-state index in [1.165, 1.54) is 0 Å². The highest BCUT2D eigenvalue weighted by molar-refractivity contribution is 6.04. The molecule has 1 aliphatic carbocycles.